The van der Waals surface area contributed by atoms with E-state index in [0.717, 1.165) is 42.1 Å². The number of rotatable bonds is 9. The maximum absolute atomic E-state index is 12.7. The Labute approximate surface area is 167 Å². The topological polar surface area (TPSA) is 83.2 Å². The predicted molar refractivity (Wildman–Crippen MR) is 112 cm³/mol. The lowest BCUT2D eigenvalue weighted by molar-refractivity contribution is -0.123. The maximum Gasteiger partial charge on any atom is 0.408 e. The van der Waals surface area contributed by atoms with Gasteiger partial charge in [0.05, 0.1) is 0 Å². The molecule has 0 saturated heterocycles. The van der Waals surface area contributed by atoms with E-state index < -0.39 is 17.7 Å². The number of carbonyl (C=O) groups excluding carboxylic acids is 2. The molecule has 0 radical (unpaired) electrons. The fraction of sp³-hybridized carbons (Fsp3) is 0.545. The van der Waals surface area contributed by atoms with Crippen molar-refractivity contribution in [3.05, 3.63) is 36.0 Å². The zero-order chi connectivity index (χ0) is 20.6. The summed E-state index contributed by atoms with van der Waals surface area (Å²) in [6.45, 7) is 8.17. The lowest BCUT2D eigenvalue weighted by Gasteiger charge is -2.23. The van der Waals surface area contributed by atoms with Gasteiger partial charge in [-0.15, -0.1) is 0 Å². The summed E-state index contributed by atoms with van der Waals surface area (Å²) in [5.74, 6) is -0.187. The molecular formula is C22H33N3O3. The van der Waals surface area contributed by atoms with Crippen molar-refractivity contribution < 1.29 is 14.3 Å². The van der Waals surface area contributed by atoms with Gasteiger partial charge in [0.2, 0.25) is 5.91 Å². The molecule has 154 valence electrons. The molecule has 0 spiro atoms. The zero-order valence-electron chi connectivity index (χ0n) is 17.4. The Kier molecular flexibility index (Phi) is 7.91. The van der Waals surface area contributed by atoms with Crippen LogP contribution in [0.15, 0.2) is 30.5 Å². The van der Waals surface area contributed by atoms with Crippen molar-refractivity contribution in [3.8, 4) is 0 Å². The Bertz CT molecular complexity index is 777. The van der Waals surface area contributed by atoms with Gasteiger partial charge >= 0.3 is 6.09 Å². The van der Waals surface area contributed by atoms with E-state index in [1.807, 2.05) is 30.5 Å². The molecule has 2 aromatic rings. The van der Waals surface area contributed by atoms with Crippen molar-refractivity contribution >= 4 is 22.9 Å². The van der Waals surface area contributed by atoms with Crippen LogP contribution in [0, 0.1) is 0 Å². The molecular weight excluding hydrogens is 354 g/mol. The minimum absolute atomic E-state index is 0.187. The van der Waals surface area contributed by atoms with E-state index in [2.05, 4.69) is 22.5 Å². The van der Waals surface area contributed by atoms with Crippen molar-refractivity contribution in [3.63, 3.8) is 0 Å². The average molecular weight is 388 g/mol. The summed E-state index contributed by atoms with van der Waals surface area (Å²) in [5.41, 5.74) is 1.37. The van der Waals surface area contributed by atoms with Gasteiger partial charge in [-0.1, -0.05) is 44.4 Å². The quantitative estimate of drug-likeness (QED) is 0.561. The van der Waals surface area contributed by atoms with Crippen LogP contribution in [0.25, 0.3) is 10.9 Å². The van der Waals surface area contributed by atoms with E-state index >= 15 is 0 Å². The number of benzene rings is 1. The highest BCUT2D eigenvalue weighted by Crippen LogP contribution is 2.19. The standard InChI is InChI=1S/C22H33N3O3/c1-5-6-7-10-13-23-20(26)19(25-21(27)28-22(2,3)4)14-16-15-24-18-12-9-8-11-17(16)18/h8-9,11-12,15,19,24H,5-7,10,13-14H2,1-4H3,(H,23,26)(H,25,27)/t19-/m1/s1. The third-order valence-electron chi connectivity index (χ3n) is 4.44. The van der Waals surface area contributed by atoms with Gasteiger partial charge in [-0.25, -0.2) is 4.79 Å². The number of hydrogen-bond donors (Lipinski definition) is 3. The first kappa shape index (κ1) is 21.8. The van der Waals surface area contributed by atoms with E-state index in [4.69, 9.17) is 4.74 Å². The Hall–Kier alpha value is -2.50. The minimum Gasteiger partial charge on any atom is -0.444 e. The number of nitrogens with one attached hydrogen (secondary N) is 3. The second kappa shape index (κ2) is 10.2. The van der Waals surface area contributed by atoms with Crippen LogP contribution in [0.2, 0.25) is 0 Å². The van der Waals surface area contributed by atoms with E-state index in [1.165, 1.54) is 0 Å². The van der Waals surface area contributed by atoms with Gasteiger partial charge in [-0.3, -0.25) is 4.79 Å². The van der Waals surface area contributed by atoms with Gasteiger partial charge < -0.3 is 20.4 Å². The molecule has 2 amide bonds. The number of hydrogen-bond acceptors (Lipinski definition) is 3. The molecule has 2 rings (SSSR count). The lowest BCUT2D eigenvalue weighted by atomic mass is 10.0. The fourth-order valence-corrected chi connectivity index (χ4v) is 3.07. The summed E-state index contributed by atoms with van der Waals surface area (Å²) >= 11 is 0. The zero-order valence-corrected chi connectivity index (χ0v) is 17.4. The first-order valence-electron chi connectivity index (χ1n) is 10.1. The summed E-state index contributed by atoms with van der Waals surface area (Å²) in [6.07, 6.45) is 6.03. The Balaban J connectivity index is 2.06. The molecule has 1 aromatic carbocycles. The van der Waals surface area contributed by atoms with Gasteiger partial charge in [0.25, 0.3) is 0 Å². The molecule has 1 atom stereocenters. The van der Waals surface area contributed by atoms with Crippen LogP contribution >= 0.6 is 0 Å². The molecule has 1 heterocycles. The summed E-state index contributed by atoms with van der Waals surface area (Å²) < 4.78 is 5.34. The van der Waals surface area contributed by atoms with Crippen LogP contribution in [-0.2, 0) is 16.0 Å². The van der Waals surface area contributed by atoms with Gasteiger partial charge in [-0.2, -0.15) is 0 Å². The third-order valence-corrected chi connectivity index (χ3v) is 4.44. The second-order valence-corrected chi connectivity index (χ2v) is 8.11. The maximum atomic E-state index is 12.7. The molecule has 0 fully saturated rings. The normalized spacial score (nSPS) is 12.6. The molecule has 0 unspecified atom stereocenters. The van der Waals surface area contributed by atoms with Crippen LogP contribution < -0.4 is 10.6 Å². The number of aromatic amines is 1. The number of fused-ring (bicyclic) bond motifs is 1. The van der Waals surface area contributed by atoms with E-state index in [9.17, 15) is 9.59 Å². The van der Waals surface area contributed by atoms with Crippen LogP contribution in [-0.4, -0.2) is 35.2 Å². The molecule has 0 aliphatic carbocycles. The number of H-pyrrole nitrogens is 1. The molecule has 6 heteroatoms. The van der Waals surface area contributed by atoms with Crippen molar-refractivity contribution in [1.29, 1.82) is 0 Å². The molecule has 6 nitrogen and oxygen atoms in total. The van der Waals surface area contributed by atoms with Crippen molar-refractivity contribution in [1.82, 2.24) is 15.6 Å². The Morgan fingerprint density at radius 3 is 2.61 bits per heavy atom. The van der Waals surface area contributed by atoms with Gasteiger partial charge in [-0.05, 0) is 38.8 Å². The number of para-hydroxylation sites is 1. The molecule has 0 aliphatic heterocycles. The number of carbonyl (C=O) groups is 2. The number of aromatic nitrogens is 1. The molecule has 3 N–H and O–H groups in total. The molecule has 28 heavy (non-hydrogen) atoms. The number of ether oxygens (including phenoxy) is 1. The first-order chi connectivity index (χ1) is 13.3. The highest BCUT2D eigenvalue weighted by Gasteiger charge is 2.25. The fourth-order valence-electron chi connectivity index (χ4n) is 3.07. The largest absolute Gasteiger partial charge is 0.444 e. The van der Waals surface area contributed by atoms with Crippen LogP contribution in [0.1, 0.15) is 58.9 Å². The van der Waals surface area contributed by atoms with Crippen molar-refractivity contribution in [2.75, 3.05) is 6.54 Å². The minimum atomic E-state index is -0.694. The summed E-state index contributed by atoms with van der Waals surface area (Å²) in [7, 11) is 0. The molecule has 0 saturated carbocycles. The van der Waals surface area contributed by atoms with E-state index in [-0.39, 0.29) is 5.91 Å². The van der Waals surface area contributed by atoms with Crippen LogP contribution in [0.4, 0.5) is 4.79 Å². The van der Waals surface area contributed by atoms with Crippen molar-refractivity contribution in [2.24, 2.45) is 0 Å². The lowest BCUT2D eigenvalue weighted by Crippen LogP contribution is -2.49. The van der Waals surface area contributed by atoms with Crippen LogP contribution in [0.5, 0.6) is 0 Å². The van der Waals surface area contributed by atoms with E-state index in [1.54, 1.807) is 20.8 Å². The highest BCUT2D eigenvalue weighted by molar-refractivity contribution is 5.88. The Morgan fingerprint density at radius 2 is 1.89 bits per heavy atom. The highest BCUT2D eigenvalue weighted by atomic mass is 16.6. The van der Waals surface area contributed by atoms with Gasteiger partial charge in [0, 0.05) is 30.1 Å². The van der Waals surface area contributed by atoms with Crippen molar-refractivity contribution in [2.45, 2.75) is 71.4 Å². The van der Waals surface area contributed by atoms with Gasteiger partial charge in [0.15, 0.2) is 0 Å². The summed E-state index contributed by atoms with van der Waals surface area (Å²) in [5, 5.41) is 6.74. The molecule has 0 bridgehead atoms. The predicted octanol–water partition coefficient (Wildman–Crippen LogP) is 4.30. The molecule has 1 aromatic heterocycles. The molecule has 0 aliphatic rings. The van der Waals surface area contributed by atoms with E-state index in [0.29, 0.717) is 13.0 Å². The summed E-state index contributed by atoms with van der Waals surface area (Å²) in [4.78, 5) is 28.2. The monoisotopic (exact) mass is 387 g/mol. The smallest absolute Gasteiger partial charge is 0.408 e. The SMILES string of the molecule is CCCCCCNC(=O)[C@@H](Cc1c[nH]c2ccccc12)NC(=O)OC(C)(C)C. The number of alkyl carbamates (subject to hydrolysis) is 1. The second-order valence-electron chi connectivity index (χ2n) is 8.11. The number of amides is 2. The third kappa shape index (κ3) is 6.91. The van der Waals surface area contributed by atoms with Gasteiger partial charge in [0.1, 0.15) is 11.6 Å². The summed E-state index contributed by atoms with van der Waals surface area (Å²) in [6, 6.07) is 7.23. The average Bonchev–Trinajstić information content (AvgIpc) is 3.02. The first-order valence-corrected chi connectivity index (χ1v) is 10.1. The Morgan fingerprint density at radius 1 is 1.14 bits per heavy atom. The van der Waals surface area contributed by atoms with Crippen LogP contribution in [0.3, 0.4) is 0 Å². The number of unbranched alkanes of at least 4 members (excludes halogenated alkanes) is 3.